The molecule has 1 aromatic rings. The van der Waals surface area contributed by atoms with Gasteiger partial charge in [-0.15, -0.1) is 0 Å². The molecule has 0 saturated carbocycles. The molecule has 106 valence electrons. The Morgan fingerprint density at radius 3 is 2.74 bits per heavy atom. The molecule has 2 N–H and O–H groups in total. The van der Waals surface area contributed by atoms with Crippen LogP contribution < -0.4 is 5.73 Å². The van der Waals surface area contributed by atoms with Crippen LogP contribution in [0.25, 0.3) is 0 Å². The molecule has 0 spiro atoms. The van der Waals surface area contributed by atoms with Crippen LogP contribution in [0.4, 0.5) is 5.69 Å². The summed E-state index contributed by atoms with van der Waals surface area (Å²) in [6, 6.07) is 1.97. The molecule has 1 aliphatic rings. The van der Waals surface area contributed by atoms with E-state index in [0.717, 1.165) is 0 Å². The Kier molecular flexibility index (Phi) is 3.58. The number of ether oxygens (including phenoxy) is 1. The number of aromatic nitrogens is 1. The number of hydrogen-bond donors (Lipinski definition) is 1. The Labute approximate surface area is 114 Å². The Hall–Kier alpha value is -1.49. The first-order chi connectivity index (χ1) is 8.83. The summed E-state index contributed by atoms with van der Waals surface area (Å²) in [6.07, 6.45) is 1.82. The van der Waals surface area contributed by atoms with Crippen LogP contribution in [0.2, 0.25) is 0 Å². The molecule has 0 aliphatic carbocycles. The van der Waals surface area contributed by atoms with Gasteiger partial charge in [-0.25, -0.2) is 0 Å². The van der Waals surface area contributed by atoms with Gasteiger partial charge >= 0.3 is 0 Å². The van der Waals surface area contributed by atoms with E-state index in [-0.39, 0.29) is 17.5 Å². The maximum absolute atomic E-state index is 12.7. The summed E-state index contributed by atoms with van der Waals surface area (Å²) in [5.74, 6) is 0.0266. The number of nitrogens with two attached hydrogens (primary N) is 1. The Morgan fingerprint density at radius 2 is 2.16 bits per heavy atom. The minimum absolute atomic E-state index is 0.0266. The molecule has 1 aromatic heterocycles. The lowest BCUT2D eigenvalue weighted by atomic mass is 10.0. The molecule has 0 bridgehead atoms. The van der Waals surface area contributed by atoms with E-state index in [1.54, 1.807) is 6.07 Å². The van der Waals surface area contributed by atoms with E-state index in [9.17, 15) is 4.79 Å². The number of nitrogen functional groups attached to an aromatic ring is 1. The molecule has 0 atom stereocenters. The van der Waals surface area contributed by atoms with Gasteiger partial charge in [0, 0.05) is 18.8 Å². The SMILES string of the molecule is CC(C)n1cc(N)cc1C(=O)N1CCOCC1(C)C. The van der Waals surface area contributed by atoms with E-state index in [1.807, 2.05) is 43.4 Å². The average Bonchev–Trinajstić information content (AvgIpc) is 2.70. The quantitative estimate of drug-likeness (QED) is 0.888. The van der Waals surface area contributed by atoms with Crippen molar-refractivity contribution in [2.24, 2.45) is 0 Å². The molecule has 2 rings (SSSR count). The number of carbonyl (C=O) groups excluding carboxylic acids is 1. The van der Waals surface area contributed by atoms with Gasteiger partial charge < -0.3 is 19.9 Å². The predicted octanol–water partition coefficient (Wildman–Crippen LogP) is 1.90. The number of nitrogens with zero attached hydrogens (tertiary/aromatic N) is 2. The van der Waals surface area contributed by atoms with Gasteiger partial charge in [0.05, 0.1) is 24.4 Å². The molecule has 2 heterocycles. The zero-order valence-electron chi connectivity index (χ0n) is 12.1. The van der Waals surface area contributed by atoms with Gasteiger partial charge in [0.1, 0.15) is 5.69 Å². The second kappa shape index (κ2) is 4.89. The summed E-state index contributed by atoms with van der Waals surface area (Å²) >= 11 is 0. The average molecular weight is 265 g/mol. The van der Waals surface area contributed by atoms with Gasteiger partial charge in [0.2, 0.25) is 0 Å². The zero-order chi connectivity index (χ0) is 14.2. The minimum atomic E-state index is -0.282. The van der Waals surface area contributed by atoms with E-state index in [4.69, 9.17) is 10.5 Å². The fourth-order valence-electron chi connectivity index (χ4n) is 2.47. The first-order valence-corrected chi connectivity index (χ1v) is 6.70. The number of morpholine rings is 1. The predicted molar refractivity (Wildman–Crippen MR) is 75.2 cm³/mol. The van der Waals surface area contributed by atoms with Crippen molar-refractivity contribution >= 4 is 11.6 Å². The molecule has 1 fully saturated rings. The normalized spacial score (nSPS) is 18.9. The summed E-state index contributed by atoms with van der Waals surface area (Å²) in [5.41, 5.74) is 6.84. The summed E-state index contributed by atoms with van der Waals surface area (Å²) in [6.45, 7) is 9.91. The highest BCUT2D eigenvalue weighted by atomic mass is 16.5. The second-order valence-corrected chi connectivity index (χ2v) is 5.98. The Morgan fingerprint density at radius 1 is 1.47 bits per heavy atom. The van der Waals surface area contributed by atoms with Gasteiger partial charge in [0.15, 0.2) is 0 Å². The van der Waals surface area contributed by atoms with Crippen LogP contribution in [0.5, 0.6) is 0 Å². The van der Waals surface area contributed by atoms with Crippen LogP contribution in [0.15, 0.2) is 12.3 Å². The summed E-state index contributed by atoms with van der Waals surface area (Å²) in [7, 11) is 0. The van der Waals surface area contributed by atoms with Crippen molar-refractivity contribution in [2.75, 3.05) is 25.5 Å². The monoisotopic (exact) mass is 265 g/mol. The number of anilines is 1. The fourth-order valence-corrected chi connectivity index (χ4v) is 2.47. The zero-order valence-corrected chi connectivity index (χ0v) is 12.1. The number of hydrogen-bond acceptors (Lipinski definition) is 3. The van der Waals surface area contributed by atoms with Crippen LogP contribution in [-0.4, -0.2) is 40.7 Å². The smallest absolute Gasteiger partial charge is 0.271 e. The Bertz CT molecular complexity index is 477. The fraction of sp³-hybridized carbons (Fsp3) is 0.643. The van der Waals surface area contributed by atoms with Crippen molar-refractivity contribution in [3.63, 3.8) is 0 Å². The van der Waals surface area contributed by atoms with Crippen LogP contribution in [0, 0.1) is 0 Å². The highest BCUT2D eigenvalue weighted by Crippen LogP contribution is 2.24. The lowest BCUT2D eigenvalue weighted by Gasteiger charge is -2.42. The van der Waals surface area contributed by atoms with E-state index in [0.29, 0.717) is 31.1 Å². The molecule has 0 radical (unpaired) electrons. The van der Waals surface area contributed by atoms with Crippen LogP contribution in [0.3, 0.4) is 0 Å². The Balaban J connectivity index is 2.33. The van der Waals surface area contributed by atoms with Crippen molar-refractivity contribution in [3.05, 3.63) is 18.0 Å². The van der Waals surface area contributed by atoms with Crippen LogP contribution in [0.1, 0.15) is 44.2 Å². The van der Waals surface area contributed by atoms with Crippen molar-refractivity contribution in [1.82, 2.24) is 9.47 Å². The van der Waals surface area contributed by atoms with Gasteiger partial charge in [-0.3, -0.25) is 4.79 Å². The lowest BCUT2D eigenvalue weighted by Crippen LogP contribution is -2.55. The highest BCUT2D eigenvalue weighted by molar-refractivity contribution is 5.94. The van der Waals surface area contributed by atoms with Crippen molar-refractivity contribution in [2.45, 2.75) is 39.3 Å². The minimum Gasteiger partial charge on any atom is -0.397 e. The van der Waals surface area contributed by atoms with Gasteiger partial charge in [-0.1, -0.05) is 0 Å². The maximum atomic E-state index is 12.7. The van der Waals surface area contributed by atoms with E-state index < -0.39 is 0 Å². The van der Waals surface area contributed by atoms with Crippen LogP contribution >= 0.6 is 0 Å². The molecule has 1 saturated heterocycles. The lowest BCUT2D eigenvalue weighted by molar-refractivity contribution is -0.0375. The summed E-state index contributed by atoms with van der Waals surface area (Å²) in [4.78, 5) is 14.6. The molecule has 19 heavy (non-hydrogen) atoms. The first kappa shape index (κ1) is 13.9. The molecule has 0 aromatic carbocycles. The summed E-state index contributed by atoms with van der Waals surface area (Å²) in [5, 5.41) is 0. The highest BCUT2D eigenvalue weighted by Gasteiger charge is 2.35. The molecule has 1 aliphatic heterocycles. The summed E-state index contributed by atoms with van der Waals surface area (Å²) < 4.78 is 7.39. The molecule has 1 amide bonds. The number of rotatable bonds is 2. The third-order valence-electron chi connectivity index (χ3n) is 3.54. The number of carbonyl (C=O) groups is 1. The van der Waals surface area contributed by atoms with E-state index in [1.165, 1.54) is 0 Å². The molecule has 5 nitrogen and oxygen atoms in total. The second-order valence-electron chi connectivity index (χ2n) is 5.98. The van der Waals surface area contributed by atoms with Gasteiger partial charge in [-0.2, -0.15) is 0 Å². The number of amides is 1. The third-order valence-corrected chi connectivity index (χ3v) is 3.54. The molecular weight excluding hydrogens is 242 g/mol. The van der Waals surface area contributed by atoms with Gasteiger partial charge in [0.25, 0.3) is 5.91 Å². The van der Waals surface area contributed by atoms with Crippen molar-refractivity contribution < 1.29 is 9.53 Å². The topological polar surface area (TPSA) is 60.5 Å². The van der Waals surface area contributed by atoms with E-state index >= 15 is 0 Å². The van der Waals surface area contributed by atoms with Crippen molar-refractivity contribution in [3.8, 4) is 0 Å². The maximum Gasteiger partial charge on any atom is 0.271 e. The van der Waals surface area contributed by atoms with Crippen LogP contribution in [-0.2, 0) is 4.74 Å². The van der Waals surface area contributed by atoms with E-state index in [2.05, 4.69) is 0 Å². The standard InChI is InChI=1S/C14H23N3O2/c1-10(2)16-8-11(15)7-12(16)13(18)17-5-6-19-9-14(17,3)4/h7-8,10H,5-6,9,15H2,1-4H3. The third kappa shape index (κ3) is 2.61. The first-order valence-electron chi connectivity index (χ1n) is 6.70. The molecular formula is C14H23N3O2. The van der Waals surface area contributed by atoms with Crippen molar-refractivity contribution in [1.29, 1.82) is 0 Å². The molecule has 0 unspecified atom stereocenters. The van der Waals surface area contributed by atoms with Gasteiger partial charge in [-0.05, 0) is 33.8 Å². The molecule has 5 heteroatoms. The largest absolute Gasteiger partial charge is 0.397 e.